The van der Waals surface area contributed by atoms with E-state index < -0.39 is 6.04 Å². The number of hydrogen-bond donors (Lipinski definition) is 3. The molecule has 4 N–H and O–H groups in total. The highest BCUT2D eigenvalue weighted by Gasteiger charge is 2.14. The van der Waals surface area contributed by atoms with Crippen LogP contribution in [0.15, 0.2) is 48.5 Å². The summed E-state index contributed by atoms with van der Waals surface area (Å²) in [6, 6.07) is 13.8. The largest absolute Gasteiger partial charge is 0.508 e. The second-order valence-corrected chi connectivity index (χ2v) is 5.02. The molecule has 0 radical (unpaired) electrons. The van der Waals surface area contributed by atoms with Crippen LogP contribution in [0.1, 0.15) is 18.1 Å². The van der Waals surface area contributed by atoms with Gasteiger partial charge in [0.25, 0.3) is 0 Å². The van der Waals surface area contributed by atoms with E-state index in [-0.39, 0.29) is 11.7 Å². The number of carbonyl (C=O) groups excluding carboxylic acids is 1. The molecule has 2 aromatic carbocycles. The Labute approximate surface area is 124 Å². The van der Waals surface area contributed by atoms with Crippen LogP contribution in [0.4, 0.5) is 5.69 Å². The van der Waals surface area contributed by atoms with Crippen molar-refractivity contribution in [3.63, 3.8) is 0 Å². The van der Waals surface area contributed by atoms with Crippen molar-refractivity contribution in [1.82, 2.24) is 0 Å². The molecule has 0 aliphatic carbocycles. The number of aryl methyl sites for hydroxylation is 1. The van der Waals surface area contributed by atoms with Crippen molar-refractivity contribution in [3.8, 4) is 5.75 Å². The number of carbonyl (C=O) groups is 1. The lowest BCUT2D eigenvalue weighted by molar-refractivity contribution is -0.117. The van der Waals surface area contributed by atoms with E-state index in [1.165, 1.54) is 5.56 Å². The molecule has 0 unspecified atom stereocenters. The van der Waals surface area contributed by atoms with Crippen molar-refractivity contribution in [1.29, 1.82) is 0 Å². The van der Waals surface area contributed by atoms with Crippen LogP contribution in [0, 0.1) is 0 Å². The third-order valence-corrected chi connectivity index (χ3v) is 3.33. The van der Waals surface area contributed by atoms with Crippen LogP contribution in [0.3, 0.4) is 0 Å². The molecular formula is C17H20N2O2. The van der Waals surface area contributed by atoms with Gasteiger partial charge >= 0.3 is 0 Å². The summed E-state index contributed by atoms with van der Waals surface area (Å²) in [7, 11) is 0. The molecule has 0 spiro atoms. The average molecular weight is 284 g/mol. The van der Waals surface area contributed by atoms with Crippen molar-refractivity contribution >= 4 is 11.6 Å². The first-order valence-electron chi connectivity index (χ1n) is 7.01. The Morgan fingerprint density at radius 1 is 1.19 bits per heavy atom. The van der Waals surface area contributed by atoms with Gasteiger partial charge < -0.3 is 16.2 Å². The third kappa shape index (κ3) is 4.33. The zero-order valence-electron chi connectivity index (χ0n) is 12.0. The van der Waals surface area contributed by atoms with Gasteiger partial charge in [-0.05, 0) is 48.2 Å². The smallest absolute Gasteiger partial charge is 0.241 e. The van der Waals surface area contributed by atoms with Crippen molar-refractivity contribution in [2.45, 2.75) is 25.8 Å². The number of nitrogens with two attached hydrogens (primary N) is 1. The van der Waals surface area contributed by atoms with Crippen LogP contribution < -0.4 is 11.1 Å². The van der Waals surface area contributed by atoms with E-state index in [9.17, 15) is 9.90 Å². The van der Waals surface area contributed by atoms with Gasteiger partial charge in [-0.15, -0.1) is 0 Å². The van der Waals surface area contributed by atoms with Crippen LogP contribution in [0.25, 0.3) is 0 Å². The molecule has 2 aromatic rings. The molecule has 0 saturated carbocycles. The molecule has 0 saturated heterocycles. The predicted octanol–water partition coefficient (Wildman–Crippen LogP) is 2.46. The standard InChI is InChI=1S/C17H20N2O2/c1-2-12-4-3-5-14(10-12)19-17(21)16(18)11-13-6-8-15(20)9-7-13/h3-10,16,20H,2,11,18H2,1H3,(H,19,21)/t16-/m1/s1. The lowest BCUT2D eigenvalue weighted by atomic mass is 10.1. The van der Waals surface area contributed by atoms with E-state index in [0.717, 1.165) is 17.7 Å². The first-order chi connectivity index (χ1) is 10.1. The maximum Gasteiger partial charge on any atom is 0.241 e. The molecule has 0 aromatic heterocycles. The van der Waals surface area contributed by atoms with E-state index in [1.807, 2.05) is 24.3 Å². The molecule has 2 rings (SSSR count). The number of phenolic OH excluding ortho intramolecular Hbond substituents is 1. The SMILES string of the molecule is CCc1cccc(NC(=O)[C@H](N)Cc2ccc(O)cc2)c1. The fourth-order valence-corrected chi connectivity index (χ4v) is 2.08. The monoisotopic (exact) mass is 284 g/mol. The van der Waals surface area contributed by atoms with Gasteiger partial charge in [-0.1, -0.05) is 31.2 Å². The van der Waals surface area contributed by atoms with Gasteiger partial charge in [0.1, 0.15) is 5.75 Å². The first kappa shape index (κ1) is 15.1. The second kappa shape index (κ2) is 6.90. The summed E-state index contributed by atoms with van der Waals surface area (Å²) < 4.78 is 0. The maximum absolute atomic E-state index is 12.1. The van der Waals surface area contributed by atoms with Crippen molar-refractivity contribution in [2.75, 3.05) is 5.32 Å². The van der Waals surface area contributed by atoms with Crippen molar-refractivity contribution < 1.29 is 9.90 Å². The van der Waals surface area contributed by atoms with Gasteiger partial charge in [0.05, 0.1) is 6.04 Å². The molecule has 0 aliphatic rings. The van der Waals surface area contributed by atoms with Crippen LogP contribution in [0.2, 0.25) is 0 Å². The summed E-state index contributed by atoms with van der Waals surface area (Å²) in [5.74, 6) is -0.00974. The van der Waals surface area contributed by atoms with Crippen LogP contribution in [0.5, 0.6) is 5.75 Å². The molecule has 110 valence electrons. The molecule has 0 fully saturated rings. The summed E-state index contributed by atoms with van der Waals surface area (Å²) in [5.41, 5.74) is 8.78. The molecule has 0 bridgehead atoms. The van der Waals surface area contributed by atoms with E-state index in [0.29, 0.717) is 6.42 Å². The van der Waals surface area contributed by atoms with Crippen LogP contribution in [-0.4, -0.2) is 17.1 Å². The topological polar surface area (TPSA) is 75.4 Å². The van der Waals surface area contributed by atoms with E-state index in [2.05, 4.69) is 12.2 Å². The molecule has 1 atom stereocenters. The summed E-state index contributed by atoms with van der Waals surface area (Å²) in [6.07, 6.45) is 1.35. The van der Waals surface area contributed by atoms with Crippen LogP contribution in [-0.2, 0) is 17.6 Å². The Hall–Kier alpha value is -2.33. The zero-order valence-corrected chi connectivity index (χ0v) is 12.0. The lowest BCUT2D eigenvalue weighted by Crippen LogP contribution is -2.37. The minimum Gasteiger partial charge on any atom is -0.508 e. The molecule has 21 heavy (non-hydrogen) atoms. The molecular weight excluding hydrogens is 264 g/mol. The van der Waals surface area contributed by atoms with Gasteiger partial charge in [0.2, 0.25) is 5.91 Å². The number of hydrogen-bond acceptors (Lipinski definition) is 3. The third-order valence-electron chi connectivity index (χ3n) is 3.33. The van der Waals surface area contributed by atoms with Crippen molar-refractivity contribution in [3.05, 3.63) is 59.7 Å². The van der Waals surface area contributed by atoms with Crippen LogP contribution >= 0.6 is 0 Å². The van der Waals surface area contributed by atoms with Crippen molar-refractivity contribution in [2.24, 2.45) is 5.73 Å². The number of amides is 1. The molecule has 1 amide bonds. The highest BCUT2D eigenvalue weighted by Crippen LogP contribution is 2.13. The number of phenols is 1. The van der Waals surface area contributed by atoms with E-state index >= 15 is 0 Å². The summed E-state index contributed by atoms with van der Waals surface area (Å²) in [6.45, 7) is 2.07. The summed E-state index contributed by atoms with van der Waals surface area (Å²) in [4.78, 5) is 12.1. The fraction of sp³-hybridized carbons (Fsp3) is 0.235. The Kier molecular flexibility index (Phi) is 4.95. The number of benzene rings is 2. The summed E-state index contributed by atoms with van der Waals surface area (Å²) in [5, 5.41) is 12.1. The Morgan fingerprint density at radius 3 is 2.57 bits per heavy atom. The second-order valence-electron chi connectivity index (χ2n) is 5.02. The molecule has 0 heterocycles. The first-order valence-corrected chi connectivity index (χ1v) is 7.01. The quantitative estimate of drug-likeness (QED) is 0.789. The lowest BCUT2D eigenvalue weighted by Gasteiger charge is -2.13. The number of anilines is 1. The fourth-order valence-electron chi connectivity index (χ4n) is 2.08. The minimum absolute atomic E-state index is 0.202. The van der Waals surface area contributed by atoms with E-state index in [4.69, 9.17) is 5.73 Å². The molecule has 4 heteroatoms. The van der Waals surface area contributed by atoms with Gasteiger partial charge in [-0.3, -0.25) is 4.79 Å². The average Bonchev–Trinajstić information content (AvgIpc) is 2.49. The maximum atomic E-state index is 12.1. The minimum atomic E-state index is -0.625. The zero-order chi connectivity index (χ0) is 15.2. The number of nitrogens with one attached hydrogen (secondary N) is 1. The highest BCUT2D eigenvalue weighted by atomic mass is 16.3. The Bertz CT molecular complexity index is 608. The van der Waals surface area contributed by atoms with Gasteiger partial charge in [0, 0.05) is 5.69 Å². The molecule has 0 aliphatic heterocycles. The van der Waals surface area contributed by atoms with Gasteiger partial charge in [0.15, 0.2) is 0 Å². The Morgan fingerprint density at radius 2 is 1.90 bits per heavy atom. The van der Waals surface area contributed by atoms with Gasteiger partial charge in [-0.2, -0.15) is 0 Å². The Balaban J connectivity index is 1.97. The summed E-state index contributed by atoms with van der Waals surface area (Å²) >= 11 is 0. The van der Waals surface area contributed by atoms with Gasteiger partial charge in [-0.25, -0.2) is 0 Å². The predicted molar refractivity (Wildman–Crippen MR) is 84.2 cm³/mol. The molecule has 4 nitrogen and oxygen atoms in total. The number of aromatic hydroxyl groups is 1. The normalized spacial score (nSPS) is 11.9. The number of rotatable bonds is 5. The highest BCUT2D eigenvalue weighted by molar-refractivity contribution is 5.94. The van der Waals surface area contributed by atoms with E-state index in [1.54, 1.807) is 24.3 Å².